The van der Waals surface area contributed by atoms with Crippen molar-refractivity contribution in [1.29, 1.82) is 0 Å². The Morgan fingerprint density at radius 3 is 2.65 bits per heavy atom. The summed E-state index contributed by atoms with van der Waals surface area (Å²) >= 11 is 0. The number of rotatable bonds is 7. The summed E-state index contributed by atoms with van der Waals surface area (Å²) in [5.41, 5.74) is 7.03. The van der Waals surface area contributed by atoms with Gasteiger partial charge < -0.3 is 15.8 Å². The molecule has 1 atom stereocenters. The number of aryl methyl sites for hydroxylation is 2. The number of ether oxygens (including phenoxy) is 1. The van der Waals surface area contributed by atoms with Crippen LogP contribution in [0.2, 0.25) is 0 Å². The number of carbonyl (C=O) groups excluding carboxylic acids is 2. The van der Waals surface area contributed by atoms with Crippen LogP contribution in [0.4, 0.5) is 5.69 Å². The summed E-state index contributed by atoms with van der Waals surface area (Å²) < 4.78 is 51.0. The minimum atomic E-state index is -2.71. The van der Waals surface area contributed by atoms with Gasteiger partial charge in [0.25, 0.3) is 0 Å². The van der Waals surface area contributed by atoms with Crippen LogP contribution in [0.15, 0.2) is 79.1 Å². The molecule has 0 radical (unpaired) electrons. The van der Waals surface area contributed by atoms with E-state index in [0.29, 0.717) is 16.8 Å². The van der Waals surface area contributed by atoms with Crippen LogP contribution in [0.3, 0.4) is 0 Å². The summed E-state index contributed by atoms with van der Waals surface area (Å²) in [6.07, 6.45) is 3.42. The highest BCUT2D eigenvalue weighted by atomic mass is 16.5. The van der Waals surface area contributed by atoms with Crippen molar-refractivity contribution in [3.05, 3.63) is 107 Å². The second kappa shape index (κ2) is 10.3. The van der Waals surface area contributed by atoms with Crippen molar-refractivity contribution < 1.29 is 22.6 Å². The van der Waals surface area contributed by atoms with E-state index in [1.807, 2.05) is 18.2 Å². The minimum absolute atomic E-state index is 0.0712. The second-order valence-corrected chi connectivity index (χ2v) is 7.79. The van der Waals surface area contributed by atoms with E-state index in [2.05, 4.69) is 10.3 Å². The molecule has 0 saturated carbocycles. The van der Waals surface area contributed by atoms with Gasteiger partial charge in [-0.05, 0) is 60.0 Å². The lowest BCUT2D eigenvalue weighted by Crippen LogP contribution is -2.27. The fraction of sp³-hybridized carbons (Fsp3) is 0.179. The van der Waals surface area contributed by atoms with E-state index in [1.165, 1.54) is 6.07 Å². The third-order valence-electron chi connectivity index (χ3n) is 5.45. The molecule has 3 N–H and O–H groups in total. The Labute approximate surface area is 207 Å². The fourth-order valence-electron chi connectivity index (χ4n) is 3.58. The molecule has 0 aliphatic rings. The predicted molar refractivity (Wildman–Crippen MR) is 134 cm³/mol. The Bertz CT molecular complexity index is 1540. The van der Waals surface area contributed by atoms with Crippen LogP contribution in [0.1, 0.15) is 46.8 Å². The number of esters is 1. The quantitative estimate of drug-likeness (QED) is 0.384. The largest absolute Gasteiger partial charge is 0.457 e. The molecule has 4 aromatic rings. The van der Waals surface area contributed by atoms with Crippen molar-refractivity contribution in [3.8, 4) is 0 Å². The van der Waals surface area contributed by atoms with Crippen LogP contribution < -0.4 is 11.1 Å². The first-order valence-corrected chi connectivity index (χ1v) is 10.6. The number of benzene rings is 3. The molecule has 6 heteroatoms. The molecule has 6 nitrogen and oxygen atoms in total. The summed E-state index contributed by atoms with van der Waals surface area (Å²) in [4.78, 5) is 29.8. The monoisotopic (exact) mass is 459 g/mol. The Balaban J connectivity index is 1.43. The van der Waals surface area contributed by atoms with Gasteiger partial charge in [0.05, 0.1) is 11.5 Å². The smallest absolute Gasteiger partial charge is 0.338 e. The van der Waals surface area contributed by atoms with Crippen molar-refractivity contribution in [1.82, 2.24) is 4.98 Å². The molecule has 3 aromatic carbocycles. The van der Waals surface area contributed by atoms with E-state index in [1.54, 1.807) is 42.7 Å². The highest BCUT2D eigenvalue weighted by Crippen LogP contribution is 2.22. The third-order valence-corrected chi connectivity index (χ3v) is 5.45. The average Bonchev–Trinajstić information content (AvgIpc) is 2.91. The molecular weight excluding hydrogens is 426 g/mol. The lowest BCUT2D eigenvalue weighted by Gasteiger charge is -2.16. The Kier molecular flexibility index (Phi) is 5.00. The molecule has 1 unspecified atom stereocenters. The molecule has 0 aliphatic carbocycles. The molecule has 1 amide bonds. The minimum Gasteiger partial charge on any atom is -0.457 e. The van der Waals surface area contributed by atoms with E-state index in [9.17, 15) is 9.59 Å². The van der Waals surface area contributed by atoms with E-state index in [4.69, 9.17) is 18.7 Å². The number of aromatic nitrogens is 1. The number of carbonyl (C=O) groups is 2. The zero-order valence-corrected chi connectivity index (χ0v) is 18.2. The molecule has 1 heterocycles. The van der Waals surface area contributed by atoms with Gasteiger partial charge in [0.15, 0.2) is 0 Å². The first-order valence-electron chi connectivity index (χ1n) is 13.6. The van der Waals surface area contributed by atoms with Gasteiger partial charge in [-0.2, -0.15) is 0 Å². The number of nitrogens with zero attached hydrogens (tertiary/aromatic N) is 1. The third kappa shape index (κ3) is 5.30. The maximum atomic E-state index is 13.0. The topological polar surface area (TPSA) is 94.3 Å². The summed E-state index contributed by atoms with van der Waals surface area (Å²) in [6.45, 7) is -5.32. The number of amides is 1. The van der Waals surface area contributed by atoms with Crippen LogP contribution in [-0.2, 0) is 16.1 Å². The Hall–Kier alpha value is -4.03. The number of nitrogens with one attached hydrogen (secondary N) is 1. The maximum Gasteiger partial charge on any atom is 0.338 e. The molecule has 1 aromatic heterocycles. The number of fused-ring (bicyclic) bond motifs is 1. The summed E-state index contributed by atoms with van der Waals surface area (Å²) in [6, 6.07) is 17.5. The van der Waals surface area contributed by atoms with Crippen molar-refractivity contribution in [2.24, 2.45) is 5.73 Å². The van der Waals surface area contributed by atoms with Gasteiger partial charge in [0, 0.05) is 38.2 Å². The standard InChI is InChI=1S/C28H27N3O3/c1-18-3-10-25(19(2)13-18)28(33)34-17-20-4-6-21(7-5-20)26(15-29)27(32)31-24-9-8-23-16-30-12-11-22(23)14-24/h3-14,16,26H,15,17,29H2,1-2H3,(H,31,32)/i1D3,2D3. The molecule has 172 valence electrons. The van der Waals surface area contributed by atoms with Crippen molar-refractivity contribution in [3.63, 3.8) is 0 Å². The molecule has 34 heavy (non-hydrogen) atoms. The first kappa shape index (κ1) is 16.6. The lowest BCUT2D eigenvalue weighted by molar-refractivity contribution is -0.117. The molecule has 0 bridgehead atoms. The molecule has 4 rings (SSSR count). The number of nitrogens with two attached hydrogens (primary N) is 1. The number of hydrogen-bond acceptors (Lipinski definition) is 5. The highest BCUT2D eigenvalue weighted by Gasteiger charge is 2.19. The highest BCUT2D eigenvalue weighted by molar-refractivity contribution is 5.98. The Morgan fingerprint density at radius 2 is 1.88 bits per heavy atom. The number of anilines is 1. The van der Waals surface area contributed by atoms with Crippen LogP contribution in [-0.4, -0.2) is 23.4 Å². The average molecular weight is 460 g/mol. The zero-order chi connectivity index (χ0) is 29.1. The van der Waals surface area contributed by atoms with Crippen molar-refractivity contribution in [2.75, 3.05) is 11.9 Å². The van der Waals surface area contributed by atoms with E-state index in [0.717, 1.165) is 22.9 Å². The van der Waals surface area contributed by atoms with E-state index < -0.39 is 25.6 Å². The van der Waals surface area contributed by atoms with Crippen LogP contribution in [0.25, 0.3) is 10.8 Å². The first-order chi connectivity index (χ1) is 18.9. The van der Waals surface area contributed by atoms with Gasteiger partial charge in [-0.15, -0.1) is 0 Å². The zero-order valence-electron chi connectivity index (χ0n) is 24.2. The Morgan fingerprint density at radius 1 is 1.03 bits per heavy atom. The normalized spacial score (nSPS) is 15.1. The van der Waals surface area contributed by atoms with Gasteiger partial charge in [0.1, 0.15) is 6.61 Å². The van der Waals surface area contributed by atoms with Gasteiger partial charge in [-0.25, -0.2) is 4.79 Å². The van der Waals surface area contributed by atoms with E-state index >= 15 is 0 Å². The molecular formula is C28H27N3O3. The van der Waals surface area contributed by atoms with Crippen molar-refractivity contribution in [2.45, 2.75) is 26.2 Å². The summed E-state index contributed by atoms with van der Waals surface area (Å²) in [5.74, 6) is -1.78. The fourth-order valence-corrected chi connectivity index (χ4v) is 3.58. The second-order valence-electron chi connectivity index (χ2n) is 7.79. The van der Waals surface area contributed by atoms with Gasteiger partial charge in [-0.1, -0.05) is 48.0 Å². The van der Waals surface area contributed by atoms with Gasteiger partial charge in [0.2, 0.25) is 5.91 Å². The molecule has 0 fully saturated rings. The van der Waals surface area contributed by atoms with Gasteiger partial charge in [-0.3, -0.25) is 9.78 Å². The number of hydrogen-bond donors (Lipinski definition) is 2. The van der Waals surface area contributed by atoms with Crippen LogP contribution >= 0.6 is 0 Å². The molecule has 0 spiro atoms. The molecule has 0 aliphatic heterocycles. The molecule has 0 saturated heterocycles. The van der Waals surface area contributed by atoms with Crippen LogP contribution in [0, 0.1) is 13.7 Å². The van der Waals surface area contributed by atoms with E-state index in [-0.39, 0.29) is 35.7 Å². The lowest BCUT2D eigenvalue weighted by atomic mass is 9.97. The maximum absolute atomic E-state index is 13.0. The summed E-state index contributed by atoms with van der Waals surface area (Å²) in [5, 5.41) is 4.79. The number of pyridine rings is 1. The van der Waals surface area contributed by atoms with Gasteiger partial charge >= 0.3 is 5.97 Å². The van der Waals surface area contributed by atoms with Crippen LogP contribution in [0.5, 0.6) is 0 Å². The van der Waals surface area contributed by atoms with Crippen molar-refractivity contribution >= 4 is 28.3 Å². The predicted octanol–water partition coefficient (Wildman–Crippen LogP) is 4.89. The summed E-state index contributed by atoms with van der Waals surface area (Å²) in [7, 11) is 0. The SMILES string of the molecule is [2H]C([2H])([2H])c1ccc(C(=O)OCc2ccc(C(CN)C(=O)Nc3ccc4cnccc4c3)cc2)c(C([2H])([2H])[2H])c1.